The van der Waals surface area contributed by atoms with Crippen LogP contribution in [0.4, 0.5) is 5.69 Å². The number of carbonyl (C=O) groups excluding carboxylic acids is 1. The molecule has 2 N–H and O–H groups in total. The first-order chi connectivity index (χ1) is 10.2. The Bertz CT molecular complexity index is 507. The minimum absolute atomic E-state index is 0. The van der Waals surface area contributed by atoms with Crippen molar-refractivity contribution in [2.24, 2.45) is 0 Å². The molecule has 2 rings (SSSR count). The van der Waals surface area contributed by atoms with E-state index in [-0.39, 0.29) is 30.0 Å². The first kappa shape index (κ1) is 18.3. The van der Waals surface area contributed by atoms with E-state index in [1.807, 2.05) is 0 Å². The van der Waals surface area contributed by atoms with Crippen LogP contribution in [0.15, 0.2) is 24.3 Å². The number of benzene rings is 1. The van der Waals surface area contributed by atoms with Gasteiger partial charge in [0.1, 0.15) is 0 Å². The predicted octanol–water partition coefficient (Wildman–Crippen LogP) is 1.05. The van der Waals surface area contributed by atoms with Gasteiger partial charge in [0.2, 0.25) is 5.91 Å². The van der Waals surface area contributed by atoms with Crippen LogP contribution in [0.1, 0.15) is 12.0 Å². The second-order valence-electron chi connectivity index (χ2n) is 4.92. The molecule has 0 saturated carbocycles. The van der Waals surface area contributed by atoms with E-state index in [1.54, 1.807) is 18.2 Å². The fourth-order valence-electron chi connectivity index (χ4n) is 2.28. The van der Waals surface area contributed by atoms with Crippen molar-refractivity contribution in [3.63, 3.8) is 0 Å². The molecule has 1 aromatic rings. The standard InChI is InChI=1S/C14H19N3O4.ClH/c18-14(9-12-10-21-8-7-15-12)16-6-5-11-3-1-2-4-13(11)17(19)20;/h1-4,12,15H,5-10H2,(H,16,18);1H. The summed E-state index contributed by atoms with van der Waals surface area (Å²) in [6.07, 6.45) is 0.800. The van der Waals surface area contributed by atoms with E-state index in [9.17, 15) is 14.9 Å². The summed E-state index contributed by atoms with van der Waals surface area (Å²) in [4.78, 5) is 22.3. The van der Waals surface area contributed by atoms with Crippen molar-refractivity contribution in [3.8, 4) is 0 Å². The summed E-state index contributed by atoms with van der Waals surface area (Å²) in [5.74, 6) is -0.0726. The minimum Gasteiger partial charge on any atom is -0.378 e. The van der Waals surface area contributed by atoms with Gasteiger partial charge in [0.25, 0.3) is 5.69 Å². The number of hydrogen-bond donors (Lipinski definition) is 2. The van der Waals surface area contributed by atoms with Gasteiger partial charge in [-0.1, -0.05) is 18.2 Å². The summed E-state index contributed by atoms with van der Waals surface area (Å²) < 4.78 is 5.28. The Labute approximate surface area is 135 Å². The van der Waals surface area contributed by atoms with Gasteiger partial charge in [-0.05, 0) is 6.42 Å². The summed E-state index contributed by atoms with van der Waals surface area (Å²) in [5.41, 5.74) is 0.719. The lowest BCUT2D eigenvalue weighted by Gasteiger charge is -2.23. The molecule has 1 amide bonds. The van der Waals surface area contributed by atoms with Crippen LogP contribution in [-0.4, -0.2) is 43.2 Å². The van der Waals surface area contributed by atoms with Gasteiger partial charge in [-0.3, -0.25) is 14.9 Å². The molecule has 1 aliphatic rings. The van der Waals surface area contributed by atoms with Gasteiger partial charge < -0.3 is 15.4 Å². The largest absolute Gasteiger partial charge is 0.378 e. The van der Waals surface area contributed by atoms with Crippen molar-refractivity contribution in [1.82, 2.24) is 10.6 Å². The van der Waals surface area contributed by atoms with E-state index >= 15 is 0 Å². The third-order valence-corrected chi connectivity index (χ3v) is 3.34. The number of para-hydroxylation sites is 1. The van der Waals surface area contributed by atoms with Gasteiger partial charge in [0.15, 0.2) is 0 Å². The first-order valence-corrected chi connectivity index (χ1v) is 6.97. The van der Waals surface area contributed by atoms with Crippen LogP contribution < -0.4 is 10.6 Å². The lowest BCUT2D eigenvalue weighted by atomic mass is 10.1. The maximum atomic E-state index is 11.8. The van der Waals surface area contributed by atoms with E-state index in [1.165, 1.54) is 6.07 Å². The Hall–Kier alpha value is -1.70. The Balaban J connectivity index is 0.00000242. The SMILES string of the molecule is Cl.O=C(CC1COCCN1)NCCc1ccccc1[N+](=O)[O-]. The summed E-state index contributed by atoms with van der Waals surface area (Å²) in [5, 5.41) is 16.9. The molecule has 22 heavy (non-hydrogen) atoms. The lowest BCUT2D eigenvalue weighted by Crippen LogP contribution is -2.44. The van der Waals surface area contributed by atoms with Gasteiger partial charge >= 0.3 is 0 Å². The van der Waals surface area contributed by atoms with Crippen LogP contribution >= 0.6 is 12.4 Å². The molecule has 1 saturated heterocycles. The maximum Gasteiger partial charge on any atom is 0.272 e. The average Bonchev–Trinajstić information content (AvgIpc) is 2.48. The van der Waals surface area contributed by atoms with Crippen molar-refractivity contribution in [3.05, 3.63) is 39.9 Å². The van der Waals surface area contributed by atoms with Crippen LogP contribution in [0.2, 0.25) is 0 Å². The Morgan fingerprint density at radius 2 is 2.23 bits per heavy atom. The molecule has 1 atom stereocenters. The highest BCUT2D eigenvalue weighted by atomic mass is 35.5. The number of halogens is 1. The molecule has 0 aromatic heterocycles. The van der Waals surface area contributed by atoms with Gasteiger partial charge in [-0.25, -0.2) is 0 Å². The monoisotopic (exact) mass is 329 g/mol. The third kappa shape index (κ3) is 5.59. The number of rotatable bonds is 6. The highest BCUT2D eigenvalue weighted by Crippen LogP contribution is 2.17. The fraction of sp³-hybridized carbons (Fsp3) is 0.500. The number of nitrogens with zero attached hydrogens (tertiary/aromatic N) is 1. The van der Waals surface area contributed by atoms with E-state index in [0.717, 1.165) is 6.54 Å². The second kappa shape index (κ2) is 9.34. The van der Waals surface area contributed by atoms with Crippen molar-refractivity contribution in [1.29, 1.82) is 0 Å². The average molecular weight is 330 g/mol. The molecule has 0 bridgehead atoms. The van der Waals surface area contributed by atoms with E-state index in [4.69, 9.17) is 4.74 Å². The van der Waals surface area contributed by atoms with Gasteiger partial charge in [0.05, 0.1) is 18.1 Å². The van der Waals surface area contributed by atoms with Crippen molar-refractivity contribution in [2.75, 3.05) is 26.3 Å². The number of carbonyl (C=O) groups is 1. The number of nitrogens with one attached hydrogen (secondary N) is 2. The van der Waals surface area contributed by atoms with E-state index in [2.05, 4.69) is 10.6 Å². The number of morpholine rings is 1. The summed E-state index contributed by atoms with van der Waals surface area (Å²) in [6, 6.07) is 6.62. The van der Waals surface area contributed by atoms with E-state index in [0.29, 0.717) is 38.2 Å². The second-order valence-corrected chi connectivity index (χ2v) is 4.92. The molecule has 1 fully saturated rings. The molecule has 1 unspecified atom stereocenters. The normalized spacial score (nSPS) is 17.4. The molecule has 0 spiro atoms. The predicted molar refractivity (Wildman–Crippen MR) is 84.3 cm³/mol. The molecule has 1 heterocycles. The molecule has 1 aliphatic heterocycles. The zero-order chi connectivity index (χ0) is 15.1. The molecular formula is C14H20ClN3O4. The molecule has 7 nitrogen and oxygen atoms in total. The van der Waals surface area contributed by atoms with Crippen LogP contribution in [0.5, 0.6) is 0 Å². The molecule has 8 heteroatoms. The summed E-state index contributed by atoms with van der Waals surface area (Å²) in [6.45, 7) is 2.36. The Kier molecular flexibility index (Phi) is 7.79. The molecule has 1 aromatic carbocycles. The molecular weight excluding hydrogens is 310 g/mol. The number of ether oxygens (including phenoxy) is 1. The number of hydrogen-bond acceptors (Lipinski definition) is 5. The molecule has 0 aliphatic carbocycles. The molecule has 0 radical (unpaired) electrons. The minimum atomic E-state index is -0.402. The quantitative estimate of drug-likeness (QED) is 0.601. The van der Waals surface area contributed by atoms with Crippen molar-refractivity contribution >= 4 is 24.0 Å². The summed E-state index contributed by atoms with van der Waals surface area (Å²) in [7, 11) is 0. The van der Waals surface area contributed by atoms with Gasteiger partial charge in [-0.15, -0.1) is 12.4 Å². The maximum absolute atomic E-state index is 11.8. The Morgan fingerprint density at radius 3 is 2.91 bits per heavy atom. The summed E-state index contributed by atoms with van der Waals surface area (Å²) >= 11 is 0. The van der Waals surface area contributed by atoms with Crippen LogP contribution in [-0.2, 0) is 16.0 Å². The van der Waals surface area contributed by atoms with Crippen molar-refractivity contribution in [2.45, 2.75) is 18.9 Å². The van der Waals surface area contributed by atoms with E-state index < -0.39 is 4.92 Å². The highest BCUT2D eigenvalue weighted by Gasteiger charge is 2.17. The number of nitro groups is 1. The third-order valence-electron chi connectivity index (χ3n) is 3.34. The highest BCUT2D eigenvalue weighted by molar-refractivity contribution is 5.85. The van der Waals surface area contributed by atoms with Gasteiger partial charge in [0, 0.05) is 37.2 Å². The molecule has 122 valence electrons. The lowest BCUT2D eigenvalue weighted by molar-refractivity contribution is -0.385. The van der Waals surface area contributed by atoms with Crippen LogP contribution in [0.25, 0.3) is 0 Å². The zero-order valence-corrected chi connectivity index (χ0v) is 12.9. The topological polar surface area (TPSA) is 93.5 Å². The Morgan fingerprint density at radius 1 is 1.45 bits per heavy atom. The van der Waals surface area contributed by atoms with Gasteiger partial charge in [-0.2, -0.15) is 0 Å². The fourth-order valence-corrected chi connectivity index (χ4v) is 2.28. The van der Waals surface area contributed by atoms with Crippen LogP contribution in [0, 0.1) is 10.1 Å². The number of amides is 1. The smallest absolute Gasteiger partial charge is 0.272 e. The van der Waals surface area contributed by atoms with Crippen molar-refractivity contribution < 1.29 is 14.5 Å². The zero-order valence-electron chi connectivity index (χ0n) is 12.1. The first-order valence-electron chi connectivity index (χ1n) is 6.97. The number of nitro benzene ring substituents is 1. The van der Waals surface area contributed by atoms with Crippen LogP contribution in [0.3, 0.4) is 0 Å².